The van der Waals surface area contributed by atoms with Crippen molar-refractivity contribution in [1.29, 1.82) is 0 Å². The van der Waals surface area contributed by atoms with Crippen LogP contribution in [0.3, 0.4) is 0 Å². The fourth-order valence-electron chi connectivity index (χ4n) is 2.67. The van der Waals surface area contributed by atoms with Gasteiger partial charge in [0.05, 0.1) is 17.9 Å². The first-order chi connectivity index (χ1) is 11.5. The number of thiophene rings is 1. The van der Waals surface area contributed by atoms with E-state index in [0.29, 0.717) is 16.3 Å². The van der Waals surface area contributed by atoms with Crippen LogP contribution < -0.4 is 5.32 Å². The third-order valence-electron chi connectivity index (χ3n) is 3.81. The van der Waals surface area contributed by atoms with Crippen molar-refractivity contribution in [3.63, 3.8) is 0 Å². The second kappa shape index (κ2) is 6.74. The largest absolute Gasteiger partial charge is 0.462 e. The minimum absolute atomic E-state index is 0.116. The minimum atomic E-state index is -0.423. The number of nitrogens with one attached hydrogen (secondary N) is 1. The number of nitrogens with zero attached hydrogens (tertiary/aromatic N) is 2. The predicted molar refractivity (Wildman–Crippen MR) is 89.5 cm³/mol. The Labute approximate surface area is 143 Å². The van der Waals surface area contributed by atoms with Crippen molar-refractivity contribution in [2.24, 2.45) is 0 Å². The molecule has 0 radical (unpaired) electrons. The molecule has 0 aliphatic carbocycles. The van der Waals surface area contributed by atoms with Crippen LogP contribution in [0.1, 0.15) is 44.0 Å². The number of anilines is 1. The highest BCUT2D eigenvalue weighted by Gasteiger charge is 2.29. The minimum Gasteiger partial charge on any atom is -0.462 e. The molecule has 3 rings (SSSR count). The van der Waals surface area contributed by atoms with E-state index in [1.54, 1.807) is 19.9 Å². The van der Waals surface area contributed by atoms with Crippen molar-refractivity contribution < 1.29 is 18.8 Å². The fourth-order valence-corrected chi connectivity index (χ4v) is 3.98. The first-order valence-electron chi connectivity index (χ1n) is 7.74. The molecule has 0 saturated carbocycles. The third kappa shape index (κ3) is 3.20. The fraction of sp³-hybridized carbons (Fsp3) is 0.438. The van der Waals surface area contributed by atoms with Gasteiger partial charge in [0.1, 0.15) is 5.00 Å². The van der Waals surface area contributed by atoms with Crippen molar-refractivity contribution in [3.05, 3.63) is 33.5 Å². The highest BCUT2D eigenvalue weighted by molar-refractivity contribution is 7.17. The molecule has 3 heterocycles. The zero-order valence-corrected chi connectivity index (χ0v) is 14.7. The lowest BCUT2D eigenvalue weighted by Gasteiger charge is -2.22. The topological polar surface area (TPSA) is 84.7 Å². The average Bonchev–Trinajstić information content (AvgIpc) is 3.10. The third-order valence-corrected chi connectivity index (χ3v) is 4.94. The van der Waals surface area contributed by atoms with E-state index in [9.17, 15) is 9.59 Å². The molecular formula is C16H19N3O4S. The summed E-state index contributed by atoms with van der Waals surface area (Å²) in [7, 11) is 2.03. The van der Waals surface area contributed by atoms with Gasteiger partial charge in [-0.2, -0.15) is 0 Å². The van der Waals surface area contributed by atoms with Crippen LogP contribution in [-0.4, -0.2) is 42.1 Å². The van der Waals surface area contributed by atoms with Crippen LogP contribution in [0.15, 0.2) is 10.6 Å². The number of hydrogen-bond acceptors (Lipinski definition) is 7. The van der Waals surface area contributed by atoms with E-state index in [1.165, 1.54) is 11.3 Å². The van der Waals surface area contributed by atoms with Crippen LogP contribution in [0.2, 0.25) is 0 Å². The van der Waals surface area contributed by atoms with Crippen LogP contribution in [0.25, 0.3) is 0 Å². The highest BCUT2D eigenvalue weighted by Crippen LogP contribution is 2.37. The van der Waals surface area contributed by atoms with Crippen molar-refractivity contribution in [1.82, 2.24) is 10.1 Å². The normalized spacial score (nSPS) is 14.3. The van der Waals surface area contributed by atoms with Gasteiger partial charge in [0, 0.05) is 24.0 Å². The van der Waals surface area contributed by atoms with Crippen LogP contribution in [0, 0.1) is 6.92 Å². The lowest BCUT2D eigenvalue weighted by Crippen LogP contribution is -2.26. The Morgan fingerprint density at radius 3 is 2.96 bits per heavy atom. The van der Waals surface area contributed by atoms with E-state index < -0.39 is 11.9 Å². The monoisotopic (exact) mass is 349 g/mol. The van der Waals surface area contributed by atoms with E-state index in [1.807, 2.05) is 7.05 Å². The quantitative estimate of drug-likeness (QED) is 0.854. The van der Waals surface area contributed by atoms with Gasteiger partial charge in [-0.3, -0.25) is 4.79 Å². The molecule has 8 heteroatoms. The molecule has 2 aromatic rings. The molecule has 1 aliphatic heterocycles. The van der Waals surface area contributed by atoms with Gasteiger partial charge in [-0.1, -0.05) is 5.16 Å². The summed E-state index contributed by atoms with van der Waals surface area (Å²) in [5, 5.41) is 7.00. The highest BCUT2D eigenvalue weighted by atomic mass is 32.1. The van der Waals surface area contributed by atoms with Crippen molar-refractivity contribution in [3.8, 4) is 0 Å². The molecule has 1 aliphatic rings. The van der Waals surface area contributed by atoms with Gasteiger partial charge in [0.25, 0.3) is 5.91 Å². The zero-order valence-electron chi connectivity index (χ0n) is 13.8. The molecule has 24 heavy (non-hydrogen) atoms. The maximum atomic E-state index is 12.4. The average molecular weight is 349 g/mol. The van der Waals surface area contributed by atoms with Gasteiger partial charge in [0.15, 0.2) is 0 Å². The number of esters is 1. The summed E-state index contributed by atoms with van der Waals surface area (Å²) in [6.07, 6.45) is 0.758. The standard InChI is InChI=1S/C16H19N3O4S/c1-4-22-16(21)13-10-5-6-19(3)8-12(10)24-15(13)17-14(20)11-7-9(2)18-23-11/h7H,4-6,8H2,1-3H3,(H,17,20). The summed E-state index contributed by atoms with van der Waals surface area (Å²) in [5.74, 6) is -0.706. The number of fused-ring (bicyclic) bond motifs is 1. The molecule has 1 N–H and O–H groups in total. The molecule has 0 saturated heterocycles. The second-order valence-corrected chi connectivity index (χ2v) is 6.81. The van der Waals surface area contributed by atoms with Crippen molar-refractivity contribution in [2.75, 3.05) is 25.5 Å². The maximum absolute atomic E-state index is 12.4. The number of carbonyl (C=O) groups excluding carboxylic acids is 2. The first-order valence-corrected chi connectivity index (χ1v) is 8.56. The Kier molecular flexibility index (Phi) is 4.68. The summed E-state index contributed by atoms with van der Waals surface area (Å²) in [6, 6.07) is 1.56. The Balaban J connectivity index is 1.94. The second-order valence-electron chi connectivity index (χ2n) is 5.70. The van der Waals surface area contributed by atoms with E-state index >= 15 is 0 Å². The van der Waals surface area contributed by atoms with Gasteiger partial charge in [-0.15, -0.1) is 11.3 Å². The molecule has 0 fully saturated rings. The van der Waals surface area contributed by atoms with Gasteiger partial charge < -0.3 is 19.5 Å². The number of hydrogen-bond donors (Lipinski definition) is 1. The number of amides is 1. The molecule has 128 valence electrons. The lowest BCUT2D eigenvalue weighted by molar-refractivity contribution is 0.0526. The summed E-state index contributed by atoms with van der Waals surface area (Å²) >= 11 is 1.41. The molecular weight excluding hydrogens is 330 g/mol. The van der Waals surface area contributed by atoms with Crippen molar-refractivity contribution in [2.45, 2.75) is 26.8 Å². The number of aryl methyl sites for hydroxylation is 1. The molecule has 0 bridgehead atoms. The zero-order chi connectivity index (χ0) is 17.3. The van der Waals surface area contributed by atoms with Gasteiger partial charge in [-0.25, -0.2) is 4.79 Å². The van der Waals surface area contributed by atoms with Gasteiger partial charge in [0.2, 0.25) is 5.76 Å². The Morgan fingerprint density at radius 2 is 2.29 bits per heavy atom. The SMILES string of the molecule is CCOC(=O)c1c(NC(=O)c2cc(C)no2)sc2c1CCN(C)C2. The number of rotatable bonds is 4. The number of likely N-dealkylation sites (N-methyl/N-ethyl adjacent to an activating group) is 1. The van der Waals surface area contributed by atoms with E-state index in [4.69, 9.17) is 9.26 Å². The Hall–Kier alpha value is -2.19. The predicted octanol–water partition coefficient (Wildman–Crippen LogP) is 2.46. The maximum Gasteiger partial charge on any atom is 0.341 e. The van der Waals surface area contributed by atoms with Crippen LogP contribution in [-0.2, 0) is 17.7 Å². The molecule has 7 nitrogen and oxygen atoms in total. The summed E-state index contributed by atoms with van der Waals surface area (Å²) < 4.78 is 10.2. The Bertz CT molecular complexity index is 780. The van der Waals surface area contributed by atoms with Crippen molar-refractivity contribution >= 4 is 28.2 Å². The summed E-state index contributed by atoms with van der Waals surface area (Å²) in [5.41, 5.74) is 2.06. The Morgan fingerprint density at radius 1 is 1.50 bits per heavy atom. The van der Waals surface area contributed by atoms with Crippen LogP contribution in [0.5, 0.6) is 0 Å². The van der Waals surface area contributed by atoms with E-state index in [2.05, 4.69) is 15.4 Å². The summed E-state index contributed by atoms with van der Waals surface area (Å²) in [4.78, 5) is 28.0. The molecule has 0 atom stereocenters. The molecule has 2 aromatic heterocycles. The number of aromatic nitrogens is 1. The van der Waals surface area contributed by atoms with Gasteiger partial charge >= 0.3 is 5.97 Å². The number of carbonyl (C=O) groups is 2. The van der Waals surface area contributed by atoms with Gasteiger partial charge in [-0.05, 0) is 32.9 Å². The molecule has 1 amide bonds. The lowest BCUT2D eigenvalue weighted by atomic mass is 10.0. The molecule has 0 aromatic carbocycles. The van der Waals surface area contributed by atoms with E-state index in [-0.39, 0.29) is 12.4 Å². The van der Waals surface area contributed by atoms with Crippen LogP contribution >= 0.6 is 11.3 Å². The molecule has 0 unspecified atom stereocenters. The first kappa shape index (κ1) is 16.7. The summed E-state index contributed by atoms with van der Waals surface area (Å²) in [6.45, 7) is 5.41. The number of ether oxygens (including phenoxy) is 1. The smallest absolute Gasteiger partial charge is 0.341 e. The molecule has 0 spiro atoms. The van der Waals surface area contributed by atoms with E-state index in [0.717, 1.165) is 30.0 Å². The van der Waals surface area contributed by atoms with Crippen LogP contribution in [0.4, 0.5) is 5.00 Å².